The lowest BCUT2D eigenvalue weighted by Crippen LogP contribution is -2.30. The Balaban J connectivity index is 2.23. The highest BCUT2D eigenvalue weighted by atomic mass is 32.1. The molecule has 1 aromatic rings. The van der Waals surface area contributed by atoms with Crippen LogP contribution in [0.5, 0.6) is 0 Å². The van der Waals surface area contributed by atoms with Crippen molar-refractivity contribution in [1.29, 1.82) is 0 Å². The molecule has 0 aromatic carbocycles. The van der Waals surface area contributed by atoms with Gasteiger partial charge in [0.1, 0.15) is 0 Å². The minimum atomic E-state index is -0.0755. The lowest BCUT2D eigenvalue weighted by atomic mass is 9.72. The van der Waals surface area contributed by atoms with Crippen LogP contribution < -0.4 is 0 Å². The molecule has 0 aliphatic heterocycles. The SMILES string of the molecule is Cc1ccsc1C(=O)C1(C)CCCCC1. The molecule has 15 heavy (non-hydrogen) atoms. The van der Waals surface area contributed by atoms with Crippen molar-refractivity contribution in [2.75, 3.05) is 0 Å². The Kier molecular flexibility index (Phi) is 2.96. The van der Waals surface area contributed by atoms with Crippen molar-refractivity contribution < 1.29 is 4.79 Å². The third-order valence-corrected chi connectivity index (χ3v) is 4.59. The van der Waals surface area contributed by atoms with E-state index < -0.39 is 0 Å². The van der Waals surface area contributed by atoms with Crippen molar-refractivity contribution in [3.05, 3.63) is 21.9 Å². The highest BCUT2D eigenvalue weighted by Gasteiger charge is 2.36. The summed E-state index contributed by atoms with van der Waals surface area (Å²) in [7, 11) is 0. The molecule has 0 saturated heterocycles. The zero-order valence-corrected chi connectivity index (χ0v) is 10.3. The summed E-state index contributed by atoms with van der Waals surface area (Å²) in [6.07, 6.45) is 5.87. The zero-order valence-electron chi connectivity index (χ0n) is 9.51. The van der Waals surface area contributed by atoms with Crippen molar-refractivity contribution in [3.8, 4) is 0 Å². The number of hydrogen-bond acceptors (Lipinski definition) is 2. The monoisotopic (exact) mass is 222 g/mol. The summed E-state index contributed by atoms with van der Waals surface area (Å²) in [5, 5.41) is 2.02. The molecule has 0 atom stereocenters. The van der Waals surface area contributed by atoms with Gasteiger partial charge in [0, 0.05) is 5.41 Å². The van der Waals surface area contributed by atoms with E-state index in [1.807, 2.05) is 18.4 Å². The summed E-state index contributed by atoms with van der Waals surface area (Å²) in [6.45, 7) is 4.18. The first kappa shape index (κ1) is 10.9. The molecular weight excluding hydrogens is 204 g/mol. The van der Waals surface area contributed by atoms with Gasteiger partial charge in [-0.25, -0.2) is 0 Å². The van der Waals surface area contributed by atoms with Crippen LogP contribution in [0.3, 0.4) is 0 Å². The van der Waals surface area contributed by atoms with E-state index in [0.29, 0.717) is 5.78 Å². The fourth-order valence-corrected chi connectivity index (χ4v) is 3.45. The molecule has 0 spiro atoms. The van der Waals surface area contributed by atoms with Crippen LogP contribution in [-0.2, 0) is 0 Å². The van der Waals surface area contributed by atoms with Gasteiger partial charge < -0.3 is 0 Å². The topological polar surface area (TPSA) is 17.1 Å². The summed E-state index contributed by atoms with van der Waals surface area (Å²) in [5.41, 5.74) is 1.07. The van der Waals surface area contributed by atoms with Gasteiger partial charge in [-0.15, -0.1) is 11.3 Å². The average molecular weight is 222 g/mol. The molecule has 1 heterocycles. The number of carbonyl (C=O) groups is 1. The van der Waals surface area contributed by atoms with E-state index in [9.17, 15) is 4.79 Å². The van der Waals surface area contributed by atoms with Crippen LogP contribution in [0, 0.1) is 12.3 Å². The van der Waals surface area contributed by atoms with E-state index >= 15 is 0 Å². The van der Waals surface area contributed by atoms with E-state index in [0.717, 1.165) is 23.3 Å². The molecule has 1 aliphatic carbocycles. The van der Waals surface area contributed by atoms with Gasteiger partial charge in [0.2, 0.25) is 0 Å². The number of aryl methyl sites for hydroxylation is 1. The number of ketones is 1. The Morgan fingerprint density at radius 1 is 1.33 bits per heavy atom. The Morgan fingerprint density at radius 3 is 2.53 bits per heavy atom. The Morgan fingerprint density at radius 2 is 2.00 bits per heavy atom. The molecule has 0 N–H and O–H groups in total. The maximum atomic E-state index is 12.4. The predicted octanol–water partition coefficient (Wildman–Crippen LogP) is 4.21. The van der Waals surface area contributed by atoms with Gasteiger partial charge in [-0.05, 0) is 36.8 Å². The quantitative estimate of drug-likeness (QED) is 0.685. The average Bonchev–Trinajstić information content (AvgIpc) is 2.64. The minimum absolute atomic E-state index is 0.0755. The standard InChI is InChI=1S/C13H18OS/c1-10-6-9-15-11(10)12(14)13(2)7-4-3-5-8-13/h6,9H,3-5,7-8H2,1-2H3. The lowest BCUT2D eigenvalue weighted by molar-refractivity contribution is 0.0753. The summed E-state index contributed by atoms with van der Waals surface area (Å²) in [4.78, 5) is 13.4. The normalized spacial score (nSPS) is 20.1. The predicted molar refractivity (Wildman–Crippen MR) is 64.6 cm³/mol. The van der Waals surface area contributed by atoms with E-state index in [2.05, 4.69) is 6.92 Å². The largest absolute Gasteiger partial charge is 0.293 e. The molecule has 1 saturated carbocycles. The van der Waals surface area contributed by atoms with E-state index in [4.69, 9.17) is 0 Å². The second-order valence-corrected chi connectivity index (χ2v) is 5.80. The van der Waals surface area contributed by atoms with E-state index in [1.54, 1.807) is 11.3 Å². The Hall–Kier alpha value is -0.630. The summed E-state index contributed by atoms with van der Waals surface area (Å²) < 4.78 is 0. The first-order valence-electron chi connectivity index (χ1n) is 5.72. The number of rotatable bonds is 2. The first-order chi connectivity index (χ1) is 7.13. The van der Waals surface area contributed by atoms with Crippen LogP contribution in [0.2, 0.25) is 0 Å². The maximum absolute atomic E-state index is 12.4. The van der Waals surface area contributed by atoms with Crippen molar-refractivity contribution in [2.45, 2.75) is 46.0 Å². The summed E-state index contributed by atoms with van der Waals surface area (Å²) in [6, 6.07) is 2.05. The van der Waals surface area contributed by atoms with Gasteiger partial charge >= 0.3 is 0 Å². The van der Waals surface area contributed by atoms with E-state index in [1.165, 1.54) is 19.3 Å². The second-order valence-electron chi connectivity index (χ2n) is 4.88. The molecule has 1 aromatic heterocycles. The van der Waals surface area contributed by atoms with Crippen molar-refractivity contribution in [1.82, 2.24) is 0 Å². The fraction of sp³-hybridized carbons (Fsp3) is 0.615. The molecular formula is C13H18OS. The molecule has 82 valence electrons. The van der Waals surface area contributed by atoms with Crippen LogP contribution in [0.15, 0.2) is 11.4 Å². The molecule has 1 nitrogen and oxygen atoms in total. The third-order valence-electron chi connectivity index (χ3n) is 3.57. The third kappa shape index (κ3) is 2.00. The first-order valence-corrected chi connectivity index (χ1v) is 6.60. The van der Waals surface area contributed by atoms with Gasteiger partial charge in [-0.1, -0.05) is 26.2 Å². The number of Topliss-reactive ketones (excluding diaryl/α,β-unsaturated/α-hetero) is 1. The van der Waals surface area contributed by atoms with Gasteiger partial charge in [-0.2, -0.15) is 0 Å². The highest BCUT2D eigenvalue weighted by Crippen LogP contribution is 2.40. The molecule has 2 rings (SSSR count). The van der Waals surface area contributed by atoms with Gasteiger partial charge in [0.25, 0.3) is 0 Å². The molecule has 1 aliphatic rings. The molecule has 0 amide bonds. The Bertz CT molecular complexity index is 358. The smallest absolute Gasteiger partial charge is 0.178 e. The van der Waals surface area contributed by atoms with Crippen molar-refractivity contribution >= 4 is 17.1 Å². The van der Waals surface area contributed by atoms with Gasteiger partial charge in [-0.3, -0.25) is 4.79 Å². The summed E-state index contributed by atoms with van der Waals surface area (Å²) in [5.74, 6) is 0.384. The molecule has 2 heteroatoms. The lowest BCUT2D eigenvalue weighted by Gasteiger charge is -2.31. The molecule has 1 fully saturated rings. The van der Waals surface area contributed by atoms with Crippen molar-refractivity contribution in [2.24, 2.45) is 5.41 Å². The van der Waals surface area contributed by atoms with E-state index in [-0.39, 0.29) is 5.41 Å². The van der Waals surface area contributed by atoms with Crippen LogP contribution in [0.1, 0.15) is 54.3 Å². The summed E-state index contributed by atoms with van der Waals surface area (Å²) >= 11 is 1.60. The number of hydrogen-bond donors (Lipinski definition) is 0. The van der Waals surface area contributed by atoms with Crippen LogP contribution in [0.4, 0.5) is 0 Å². The molecule has 0 radical (unpaired) electrons. The minimum Gasteiger partial charge on any atom is -0.293 e. The van der Waals surface area contributed by atoms with Crippen LogP contribution in [0.25, 0.3) is 0 Å². The molecule has 0 unspecified atom stereocenters. The van der Waals surface area contributed by atoms with Crippen molar-refractivity contribution in [3.63, 3.8) is 0 Å². The Labute approximate surface area is 95.5 Å². The van der Waals surface area contributed by atoms with Gasteiger partial charge in [0.05, 0.1) is 4.88 Å². The number of carbonyl (C=O) groups excluding carboxylic acids is 1. The van der Waals surface area contributed by atoms with Crippen LogP contribution >= 0.6 is 11.3 Å². The second kappa shape index (κ2) is 4.09. The zero-order chi connectivity index (χ0) is 10.9. The van der Waals surface area contributed by atoms with Crippen LogP contribution in [-0.4, -0.2) is 5.78 Å². The molecule has 0 bridgehead atoms. The maximum Gasteiger partial charge on any atom is 0.178 e. The fourth-order valence-electron chi connectivity index (χ4n) is 2.44. The number of thiophene rings is 1. The highest BCUT2D eigenvalue weighted by molar-refractivity contribution is 7.12. The van der Waals surface area contributed by atoms with Gasteiger partial charge in [0.15, 0.2) is 5.78 Å².